The molecule has 1 aromatic heterocycles. The molecule has 1 fully saturated rings. The van der Waals surface area contributed by atoms with E-state index in [-0.39, 0.29) is 24.8 Å². The summed E-state index contributed by atoms with van der Waals surface area (Å²) in [7, 11) is -4.56. The van der Waals surface area contributed by atoms with Gasteiger partial charge in [-0.05, 0) is 6.42 Å². The van der Waals surface area contributed by atoms with Gasteiger partial charge in [-0.15, -0.1) is 3.89 Å². The largest absolute Gasteiger partial charge is 0.338 e. The van der Waals surface area contributed by atoms with Gasteiger partial charge in [-0.2, -0.15) is 8.42 Å². The molecule has 0 radical (unpaired) electrons. The van der Waals surface area contributed by atoms with Crippen LogP contribution in [0.3, 0.4) is 0 Å². The Kier molecular flexibility index (Phi) is 3.38. The molecule has 0 aliphatic carbocycles. The van der Waals surface area contributed by atoms with E-state index in [9.17, 15) is 17.1 Å². The third kappa shape index (κ3) is 2.87. The highest BCUT2D eigenvalue weighted by Gasteiger charge is 2.35. The summed E-state index contributed by atoms with van der Waals surface area (Å²) >= 11 is 0. The molecule has 0 spiro atoms. The van der Waals surface area contributed by atoms with Crippen LogP contribution in [0.15, 0.2) is 10.6 Å². The fourth-order valence-electron chi connectivity index (χ4n) is 1.98. The van der Waals surface area contributed by atoms with Crippen LogP contribution in [-0.2, 0) is 21.4 Å². The summed E-state index contributed by atoms with van der Waals surface area (Å²) in [5.74, 6) is -1.16. The SMILES string of the molecule is CCc1cc(N2CC(CS(=O)(=O)F)CC2=O)on1. The zero-order chi connectivity index (χ0) is 13.3. The zero-order valence-electron chi connectivity index (χ0n) is 9.80. The minimum absolute atomic E-state index is 0.00527. The molecular weight excluding hydrogens is 263 g/mol. The number of aryl methyl sites for hydroxylation is 1. The van der Waals surface area contributed by atoms with Crippen LogP contribution in [0.25, 0.3) is 0 Å². The second-order valence-electron chi connectivity index (χ2n) is 4.29. The van der Waals surface area contributed by atoms with Crippen molar-refractivity contribution >= 4 is 22.0 Å². The summed E-state index contributed by atoms with van der Waals surface area (Å²) in [4.78, 5) is 13.0. The first kappa shape index (κ1) is 13.0. The third-order valence-electron chi connectivity index (χ3n) is 2.81. The van der Waals surface area contributed by atoms with Crippen LogP contribution in [0.1, 0.15) is 19.0 Å². The molecule has 0 aromatic carbocycles. The third-order valence-corrected chi connectivity index (χ3v) is 3.68. The van der Waals surface area contributed by atoms with Crippen molar-refractivity contribution in [3.05, 3.63) is 11.8 Å². The molecule has 8 heteroatoms. The summed E-state index contributed by atoms with van der Waals surface area (Å²) in [5.41, 5.74) is 0.708. The van der Waals surface area contributed by atoms with Crippen LogP contribution >= 0.6 is 0 Å². The first-order chi connectivity index (χ1) is 8.39. The maximum Gasteiger partial charge on any atom is 0.302 e. The van der Waals surface area contributed by atoms with E-state index in [1.807, 2.05) is 6.92 Å². The average molecular weight is 276 g/mol. The molecule has 18 heavy (non-hydrogen) atoms. The Labute approximate surface area is 104 Å². The van der Waals surface area contributed by atoms with Crippen molar-refractivity contribution < 1.29 is 21.6 Å². The average Bonchev–Trinajstić information content (AvgIpc) is 2.82. The van der Waals surface area contributed by atoms with Crippen LogP contribution in [0, 0.1) is 5.92 Å². The Hall–Kier alpha value is -1.44. The Bertz CT molecular complexity index is 554. The number of rotatable bonds is 4. The van der Waals surface area contributed by atoms with Crippen molar-refractivity contribution in [2.45, 2.75) is 19.8 Å². The van der Waals surface area contributed by atoms with Gasteiger partial charge in [0.25, 0.3) is 0 Å². The van der Waals surface area contributed by atoms with Crippen molar-refractivity contribution in [3.63, 3.8) is 0 Å². The highest BCUT2D eigenvalue weighted by molar-refractivity contribution is 7.86. The smallest absolute Gasteiger partial charge is 0.302 e. The van der Waals surface area contributed by atoms with Crippen molar-refractivity contribution in [1.29, 1.82) is 0 Å². The van der Waals surface area contributed by atoms with Gasteiger partial charge in [-0.3, -0.25) is 9.69 Å². The van der Waals surface area contributed by atoms with Crippen molar-refractivity contribution in [1.82, 2.24) is 5.16 Å². The lowest BCUT2D eigenvalue weighted by Gasteiger charge is -2.11. The fraction of sp³-hybridized carbons (Fsp3) is 0.600. The molecule has 1 aliphatic heterocycles. The molecule has 1 saturated heterocycles. The maximum absolute atomic E-state index is 12.6. The zero-order valence-corrected chi connectivity index (χ0v) is 10.6. The van der Waals surface area contributed by atoms with Crippen LogP contribution in [0.4, 0.5) is 9.77 Å². The van der Waals surface area contributed by atoms with Gasteiger partial charge in [0.05, 0.1) is 11.4 Å². The molecule has 0 saturated carbocycles. The predicted molar refractivity (Wildman–Crippen MR) is 61.2 cm³/mol. The van der Waals surface area contributed by atoms with Crippen LogP contribution in [0.2, 0.25) is 0 Å². The van der Waals surface area contributed by atoms with E-state index in [0.717, 1.165) is 0 Å². The summed E-state index contributed by atoms with van der Waals surface area (Å²) in [6.45, 7) is 2.03. The first-order valence-electron chi connectivity index (χ1n) is 5.57. The number of aromatic nitrogens is 1. The molecule has 1 unspecified atom stereocenters. The summed E-state index contributed by atoms with van der Waals surface area (Å²) < 4.78 is 38.7. The molecule has 100 valence electrons. The highest BCUT2D eigenvalue weighted by atomic mass is 32.3. The highest BCUT2D eigenvalue weighted by Crippen LogP contribution is 2.26. The molecule has 2 rings (SSSR count). The Balaban J connectivity index is 2.09. The number of anilines is 1. The van der Waals surface area contributed by atoms with E-state index >= 15 is 0 Å². The van der Waals surface area contributed by atoms with Crippen LogP contribution in [-0.4, -0.2) is 31.8 Å². The van der Waals surface area contributed by atoms with Crippen molar-refractivity contribution in [2.24, 2.45) is 5.92 Å². The number of hydrogen-bond acceptors (Lipinski definition) is 5. The van der Waals surface area contributed by atoms with Gasteiger partial charge in [0.1, 0.15) is 0 Å². The number of amides is 1. The Morgan fingerprint density at radius 3 is 2.89 bits per heavy atom. The van der Waals surface area contributed by atoms with E-state index in [2.05, 4.69) is 5.16 Å². The van der Waals surface area contributed by atoms with E-state index in [1.165, 1.54) is 4.90 Å². The molecule has 0 N–H and O–H groups in total. The van der Waals surface area contributed by atoms with Crippen molar-refractivity contribution in [3.8, 4) is 0 Å². The van der Waals surface area contributed by atoms with Gasteiger partial charge < -0.3 is 4.52 Å². The van der Waals surface area contributed by atoms with Gasteiger partial charge in [0, 0.05) is 24.9 Å². The summed E-state index contributed by atoms with van der Waals surface area (Å²) in [6.07, 6.45) is 0.680. The number of carbonyl (C=O) groups is 1. The normalized spacial score (nSPS) is 20.7. The lowest BCUT2D eigenvalue weighted by Crippen LogP contribution is -2.24. The number of hydrogen-bond donors (Lipinski definition) is 0. The molecular formula is C10H13FN2O4S. The lowest BCUT2D eigenvalue weighted by molar-refractivity contribution is -0.117. The van der Waals surface area contributed by atoms with Crippen molar-refractivity contribution in [2.75, 3.05) is 17.2 Å². The summed E-state index contributed by atoms with van der Waals surface area (Å²) in [6, 6.07) is 1.63. The van der Waals surface area contributed by atoms with Crippen LogP contribution in [0.5, 0.6) is 0 Å². The van der Waals surface area contributed by atoms with Gasteiger partial charge in [-0.25, -0.2) is 0 Å². The Morgan fingerprint density at radius 2 is 2.33 bits per heavy atom. The molecule has 1 amide bonds. The van der Waals surface area contributed by atoms with E-state index in [0.29, 0.717) is 12.1 Å². The monoisotopic (exact) mass is 276 g/mol. The number of carbonyl (C=O) groups excluding carboxylic acids is 1. The van der Waals surface area contributed by atoms with Gasteiger partial charge in [0.15, 0.2) is 0 Å². The molecule has 0 bridgehead atoms. The number of halogens is 1. The van der Waals surface area contributed by atoms with Gasteiger partial charge in [0.2, 0.25) is 11.8 Å². The van der Waals surface area contributed by atoms with Gasteiger partial charge in [-0.1, -0.05) is 12.1 Å². The quantitative estimate of drug-likeness (QED) is 0.763. The minimum atomic E-state index is -4.56. The predicted octanol–water partition coefficient (Wildman–Crippen LogP) is 0.889. The molecule has 1 aliphatic rings. The first-order valence-corrected chi connectivity index (χ1v) is 7.12. The van der Waals surface area contributed by atoms with E-state index in [4.69, 9.17) is 4.52 Å². The maximum atomic E-state index is 12.6. The standard InChI is InChI=1S/C10H13FN2O4S/c1-2-8-4-10(17-12-8)13-5-7(3-9(13)14)6-18(11,15)16/h4,7H,2-3,5-6H2,1H3. The Morgan fingerprint density at radius 1 is 1.61 bits per heavy atom. The fourth-order valence-corrected chi connectivity index (χ4v) is 2.77. The topological polar surface area (TPSA) is 80.5 Å². The lowest BCUT2D eigenvalue weighted by atomic mass is 10.1. The molecule has 6 nitrogen and oxygen atoms in total. The molecule has 1 aromatic rings. The molecule has 1 atom stereocenters. The second-order valence-corrected chi connectivity index (χ2v) is 5.70. The van der Waals surface area contributed by atoms with E-state index < -0.39 is 21.9 Å². The van der Waals surface area contributed by atoms with Gasteiger partial charge >= 0.3 is 10.2 Å². The van der Waals surface area contributed by atoms with Crippen LogP contribution < -0.4 is 4.90 Å². The summed E-state index contributed by atoms with van der Waals surface area (Å²) in [5, 5.41) is 3.75. The minimum Gasteiger partial charge on any atom is -0.338 e. The number of nitrogens with zero attached hydrogens (tertiary/aromatic N) is 2. The van der Waals surface area contributed by atoms with E-state index in [1.54, 1.807) is 6.07 Å². The second kappa shape index (κ2) is 4.68. The molecule has 2 heterocycles.